The van der Waals surface area contributed by atoms with Crippen molar-refractivity contribution in [3.63, 3.8) is 0 Å². The summed E-state index contributed by atoms with van der Waals surface area (Å²) in [5, 5.41) is 12.3. The summed E-state index contributed by atoms with van der Waals surface area (Å²) in [5.41, 5.74) is 9.72. The number of nitrogens with one attached hydrogen (secondary N) is 1. The first-order valence-electron chi connectivity index (χ1n) is 25.4. The van der Waals surface area contributed by atoms with E-state index < -0.39 is 0 Å². The molecule has 4 aliphatic carbocycles. The molecule has 8 atom stereocenters. The quantitative estimate of drug-likeness (QED) is 0.0374. The average Bonchev–Trinajstić information content (AvgIpc) is 3.66. The maximum absolute atomic E-state index is 13.4. The van der Waals surface area contributed by atoms with Crippen molar-refractivity contribution in [1.29, 1.82) is 0 Å². The van der Waals surface area contributed by atoms with Gasteiger partial charge in [0.25, 0.3) is 0 Å². The molecule has 3 N–H and O–H groups in total. The van der Waals surface area contributed by atoms with Gasteiger partial charge in [0.05, 0.1) is 50.0 Å². The van der Waals surface area contributed by atoms with Crippen molar-refractivity contribution >= 4 is 17.3 Å². The van der Waals surface area contributed by atoms with Crippen LogP contribution < -0.4 is 15.8 Å². The molecule has 356 valence electrons. The number of esters is 1. The number of carbonyl (C=O) groups is 1. The van der Waals surface area contributed by atoms with Crippen molar-refractivity contribution in [1.82, 2.24) is 5.32 Å². The number of hydrogen-bond donors (Lipinski definition) is 2. The van der Waals surface area contributed by atoms with Crippen molar-refractivity contribution in [3.05, 3.63) is 65.7 Å². The van der Waals surface area contributed by atoms with Crippen LogP contribution >= 0.6 is 0 Å². The van der Waals surface area contributed by atoms with Crippen LogP contribution in [0.5, 0.6) is 5.75 Å². The highest BCUT2D eigenvalue weighted by atomic mass is 16.5. The van der Waals surface area contributed by atoms with E-state index in [2.05, 4.69) is 56.2 Å². The normalized spacial score (nSPS) is 26.9. The van der Waals surface area contributed by atoms with E-state index in [1.807, 2.05) is 36.4 Å². The third-order valence-electron chi connectivity index (χ3n) is 15.6. The molecule has 3 fully saturated rings. The summed E-state index contributed by atoms with van der Waals surface area (Å²) in [6.45, 7) is 19.5. The summed E-state index contributed by atoms with van der Waals surface area (Å²) in [6, 6.07) is 14.9. The molecule has 10 heteroatoms. The van der Waals surface area contributed by atoms with Gasteiger partial charge in [-0.3, -0.25) is 0 Å². The third-order valence-corrected chi connectivity index (χ3v) is 15.6. The van der Waals surface area contributed by atoms with Gasteiger partial charge in [-0.05, 0) is 185 Å². The Morgan fingerprint density at radius 3 is 2.11 bits per heavy atom. The number of rotatable bonds is 28. The molecule has 0 bridgehead atoms. The van der Waals surface area contributed by atoms with Crippen molar-refractivity contribution < 1.29 is 28.5 Å². The minimum atomic E-state index is -0.248. The molecule has 2 aromatic rings. The van der Waals surface area contributed by atoms with Gasteiger partial charge in [-0.2, -0.15) is 10.2 Å². The molecule has 0 spiro atoms. The van der Waals surface area contributed by atoms with Gasteiger partial charge in [0, 0.05) is 19.6 Å². The van der Waals surface area contributed by atoms with Gasteiger partial charge < -0.3 is 34.7 Å². The number of benzene rings is 2. The summed E-state index contributed by atoms with van der Waals surface area (Å²) >= 11 is 0. The van der Waals surface area contributed by atoms with E-state index in [9.17, 15) is 4.79 Å². The van der Waals surface area contributed by atoms with E-state index >= 15 is 0 Å². The Hall–Kier alpha value is -3.15. The lowest BCUT2D eigenvalue weighted by Gasteiger charge is -2.58. The van der Waals surface area contributed by atoms with Crippen LogP contribution in [0.15, 0.2) is 70.4 Å². The predicted octanol–water partition coefficient (Wildman–Crippen LogP) is 12.2. The number of carbonyl (C=O) groups excluding carboxylic acids is 1. The van der Waals surface area contributed by atoms with Crippen molar-refractivity contribution in [2.24, 2.45) is 62.3 Å². The fourth-order valence-corrected chi connectivity index (χ4v) is 12.1. The highest BCUT2D eigenvalue weighted by molar-refractivity contribution is 5.89. The zero-order valence-corrected chi connectivity index (χ0v) is 40.3. The average molecular weight is 885 g/mol. The van der Waals surface area contributed by atoms with Crippen molar-refractivity contribution in [3.8, 4) is 5.75 Å². The van der Waals surface area contributed by atoms with Crippen molar-refractivity contribution in [2.75, 3.05) is 65.9 Å². The smallest absolute Gasteiger partial charge is 0.338 e. The Kier molecular flexibility index (Phi) is 20.2. The number of azo groups is 1. The minimum Gasteiger partial charge on any atom is -0.494 e. The highest BCUT2D eigenvalue weighted by Gasteiger charge is 2.59. The summed E-state index contributed by atoms with van der Waals surface area (Å²) < 4.78 is 28.7. The SMILES string of the molecule is CC(C)CCC[C@@H](C)[C@H]1CC[C@H]2[C@@H]3CC=C4C[C@@H](OC(=O)c5ccc(N=Nc6ccc(OCCCCNCCCOCCOCCOCCCN)cc6)cc5)CC[C@]4(C)[C@H]3CC[C@]12C. The van der Waals surface area contributed by atoms with Gasteiger partial charge in [-0.15, -0.1) is 0 Å². The number of allylic oxidation sites excluding steroid dienone is 1. The molecule has 2 aromatic carbocycles. The number of hydrogen-bond acceptors (Lipinski definition) is 10. The van der Waals surface area contributed by atoms with Crippen LogP contribution in [0.25, 0.3) is 0 Å². The molecule has 0 unspecified atom stereocenters. The zero-order chi connectivity index (χ0) is 45.2. The van der Waals surface area contributed by atoms with E-state index in [4.69, 9.17) is 29.4 Å². The Morgan fingerprint density at radius 1 is 0.734 bits per heavy atom. The number of nitrogens with zero attached hydrogens (tertiary/aromatic N) is 2. The number of ether oxygens (including phenoxy) is 5. The molecule has 0 radical (unpaired) electrons. The molecule has 6 rings (SSSR count). The van der Waals surface area contributed by atoms with Crippen LogP contribution in [0, 0.1) is 46.3 Å². The van der Waals surface area contributed by atoms with E-state index in [0.29, 0.717) is 62.9 Å². The van der Waals surface area contributed by atoms with Gasteiger partial charge >= 0.3 is 5.97 Å². The molecular weight excluding hydrogens is 801 g/mol. The van der Waals surface area contributed by atoms with Crippen molar-refractivity contribution in [2.45, 2.75) is 137 Å². The second-order valence-electron chi connectivity index (χ2n) is 20.4. The summed E-state index contributed by atoms with van der Waals surface area (Å²) in [4.78, 5) is 13.4. The lowest BCUT2D eigenvalue weighted by Crippen LogP contribution is -2.51. The van der Waals surface area contributed by atoms with E-state index in [0.717, 1.165) is 112 Å². The molecule has 64 heavy (non-hydrogen) atoms. The molecule has 0 aromatic heterocycles. The van der Waals surface area contributed by atoms with Gasteiger partial charge in [0.1, 0.15) is 11.9 Å². The van der Waals surface area contributed by atoms with Crippen LogP contribution in [0.4, 0.5) is 11.4 Å². The number of unbranched alkanes of at least 4 members (excludes halogenated alkanes) is 1. The van der Waals surface area contributed by atoms with E-state index in [1.54, 1.807) is 17.7 Å². The maximum atomic E-state index is 13.4. The molecule has 4 aliphatic rings. The molecular formula is C54H84N4O6. The second-order valence-corrected chi connectivity index (χ2v) is 20.4. The number of nitrogens with two attached hydrogens (primary N) is 1. The standard InChI is InChI=1S/C54H84N4O6/c1-40(2)11-8-12-41(3)49-23-24-50-48-22-15-43-39-47(25-27-53(43,4)51(48)26-28-54(49,50)5)64-52(59)42-13-16-44(17-14-42)57-58-45-18-20-46(21-19-45)63-34-7-6-30-56-31-10-33-61-36-38-62-37-35-60-32-9-29-55/h13-21,40-41,47-51,56H,6-12,22-39,55H2,1-5H3/t41-,47+,48+,49-,50+,51+,53+,54-/m1/s1. The second kappa shape index (κ2) is 25.7. The fraction of sp³-hybridized carbons (Fsp3) is 0.722. The highest BCUT2D eigenvalue weighted by Crippen LogP contribution is 2.67. The van der Waals surface area contributed by atoms with Gasteiger partial charge in [0.2, 0.25) is 0 Å². The van der Waals surface area contributed by atoms with Gasteiger partial charge in [0.15, 0.2) is 0 Å². The van der Waals surface area contributed by atoms with E-state index in [-0.39, 0.29) is 17.5 Å². The van der Waals surface area contributed by atoms with Crippen LogP contribution in [0.2, 0.25) is 0 Å². The first kappa shape index (κ1) is 50.3. The topological polar surface area (TPSA) is 126 Å². The van der Waals surface area contributed by atoms with Crippen LogP contribution in [0.1, 0.15) is 141 Å². The summed E-state index contributed by atoms with van der Waals surface area (Å²) in [5.74, 6) is 5.53. The van der Waals surface area contributed by atoms with Crippen LogP contribution in [-0.4, -0.2) is 78.0 Å². The molecule has 0 aliphatic heterocycles. The maximum Gasteiger partial charge on any atom is 0.338 e. The Bertz CT molecular complexity index is 1730. The van der Waals surface area contributed by atoms with E-state index in [1.165, 1.54) is 51.4 Å². The monoisotopic (exact) mass is 885 g/mol. The van der Waals surface area contributed by atoms with Gasteiger partial charge in [-0.25, -0.2) is 4.79 Å². The molecule has 0 heterocycles. The summed E-state index contributed by atoms with van der Waals surface area (Å²) in [7, 11) is 0. The molecule has 0 amide bonds. The fourth-order valence-electron chi connectivity index (χ4n) is 12.1. The first-order valence-corrected chi connectivity index (χ1v) is 25.4. The number of fused-ring (bicyclic) bond motifs is 5. The van der Waals surface area contributed by atoms with Gasteiger partial charge in [-0.1, -0.05) is 65.5 Å². The molecule has 0 saturated heterocycles. The van der Waals surface area contributed by atoms with Crippen LogP contribution in [-0.2, 0) is 18.9 Å². The predicted molar refractivity (Wildman–Crippen MR) is 258 cm³/mol. The lowest BCUT2D eigenvalue weighted by atomic mass is 9.47. The molecule has 10 nitrogen and oxygen atoms in total. The minimum absolute atomic E-state index is 0.0648. The third kappa shape index (κ3) is 14.2. The first-order chi connectivity index (χ1) is 31.1. The van der Waals surface area contributed by atoms with Crippen LogP contribution in [0.3, 0.4) is 0 Å². The summed E-state index contributed by atoms with van der Waals surface area (Å²) in [6.07, 6.45) is 20.3. The molecule has 3 saturated carbocycles. The Morgan fingerprint density at radius 2 is 1.41 bits per heavy atom. The lowest BCUT2D eigenvalue weighted by molar-refractivity contribution is -0.0594. The Labute approximate surface area is 386 Å². The Balaban J connectivity index is 0.842. The zero-order valence-electron chi connectivity index (χ0n) is 40.3. The largest absolute Gasteiger partial charge is 0.494 e.